The van der Waals surface area contributed by atoms with E-state index in [1.54, 1.807) is 17.1 Å². The maximum atomic E-state index is 12.3. The Kier molecular flexibility index (Phi) is 4.60. The number of anilines is 1. The van der Waals surface area contributed by atoms with Crippen LogP contribution in [0.15, 0.2) is 30.6 Å². The number of nitrogens with one attached hydrogen (secondary N) is 2. The van der Waals surface area contributed by atoms with Crippen LogP contribution in [0.2, 0.25) is 0 Å². The molecule has 0 aliphatic heterocycles. The summed E-state index contributed by atoms with van der Waals surface area (Å²) >= 11 is 0. The summed E-state index contributed by atoms with van der Waals surface area (Å²) in [5.41, 5.74) is 2.13. The summed E-state index contributed by atoms with van der Waals surface area (Å²) in [6.07, 6.45) is 7.96. The lowest BCUT2D eigenvalue weighted by molar-refractivity contribution is 0.248. The lowest BCUT2D eigenvalue weighted by atomic mass is 9.83. The Morgan fingerprint density at radius 3 is 2.74 bits per heavy atom. The van der Waals surface area contributed by atoms with E-state index in [-0.39, 0.29) is 12.1 Å². The van der Waals surface area contributed by atoms with E-state index in [1.807, 2.05) is 32.2 Å². The molecule has 6 heteroatoms. The molecule has 1 saturated carbocycles. The smallest absolute Gasteiger partial charge is 0.320 e. The van der Waals surface area contributed by atoms with Gasteiger partial charge in [0, 0.05) is 31.4 Å². The highest BCUT2D eigenvalue weighted by atomic mass is 16.2. The lowest BCUT2D eigenvalue weighted by Crippen LogP contribution is -2.32. The zero-order valence-electron chi connectivity index (χ0n) is 13.6. The van der Waals surface area contributed by atoms with Gasteiger partial charge in [0.2, 0.25) is 0 Å². The van der Waals surface area contributed by atoms with E-state index < -0.39 is 0 Å². The van der Waals surface area contributed by atoms with Crippen LogP contribution in [0.1, 0.15) is 55.8 Å². The van der Waals surface area contributed by atoms with Crippen LogP contribution >= 0.6 is 0 Å². The number of nitrogens with zero attached hydrogens (tertiary/aromatic N) is 3. The molecule has 2 heterocycles. The van der Waals surface area contributed by atoms with Crippen LogP contribution < -0.4 is 10.6 Å². The summed E-state index contributed by atoms with van der Waals surface area (Å²) in [5, 5.41) is 10.4. The van der Waals surface area contributed by atoms with E-state index >= 15 is 0 Å². The lowest BCUT2D eigenvalue weighted by Gasteiger charge is -2.22. The second-order valence-electron chi connectivity index (χ2n) is 6.05. The van der Waals surface area contributed by atoms with Crippen LogP contribution in [-0.4, -0.2) is 20.8 Å². The molecule has 1 atom stereocenters. The van der Waals surface area contributed by atoms with Crippen LogP contribution in [0, 0.1) is 0 Å². The first-order valence-corrected chi connectivity index (χ1v) is 8.18. The molecule has 1 aliphatic rings. The van der Waals surface area contributed by atoms with Gasteiger partial charge in [0.15, 0.2) is 0 Å². The van der Waals surface area contributed by atoms with Gasteiger partial charge in [-0.3, -0.25) is 15.0 Å². The summed E-state index contributed by atoms with van der Waals surface area (Å²) in [6.45, 7) is 2.05. The fourth-order valence-corrected chi connectivity index (χ4v) is 2.84. The van der Waals surface area contributed by atoms with Crippen molar-refractivity contribution in [3.8, 4) is 0 Å². The molecule has 2 aromatic rings. The van der Waals surface area contributed by atoms with E-state index in [1.165, 1.54) is 19.3 Å². The number of rotatable bonds is 5. The molecule has 2 N–H and O–H groups in total. The second-order valence-corrected chi connectivity index (χ2v) is 6.05. The number of urea groups is 1. The molecule has 122 valence electrons. The summed E-state index contributed by atoms with van der Waals surface area (Å²) in [5.74, 6) is 1.29. The maximum absolute atomic E-state index is 12.3. The normalized spacial score (nSPS) is 15.7. The number of carbonyl (C=O) groups excluding carboxylic acids is 1. The Labute approximate surface area is 136 Å². The molecule has 0 bridgehead atoms. The van der Waals surface area contributed by atoms with E-state index in [2.05, 4.69) is 20.7 Å². The Balaban J connectivity index is 1.63. The molecule has 2 amide bonds. The van der Waals surface area contributed by atoms with Gasteiger partial charge in [0.25, 0.3) is 0 Å². The number of hydrogen-bond acceptors (Lipinski definition) is 3. The number of amides is 2. The molecule has 0 spiro atoms. The number of aromatic nitrogens is 3. The van der Waals surface area contributed by atoms with E-state index in [0.29, 0.717) is 5.92 Å². The first-order valence-electron chi connectivity index (χ1n) is 8.18. The van der Waals surface area contributed by atoms with Crippen LogP contribution in [0.5, 0.6) is 0 Å². The van der Waals surface area contributed by atoms with E-state index in [4.69, 9.17) is 0 Å². The fraction of sp³-hybridized carbons (Fsp3) is 0.471. The van der Waals surface area contributed by atoms with Gasteiger partial charge in [0.05, 0.1) is 11.7 Å². The molecule has 0 aromatic carbocycles. The van der Waals surface area contributed by atoms with E-state index in [0.717, 1.165) is 23.5 Å². The minimum Gasteiger partial charge on any atom is -0.331 e. The van der Waals surface area contributed by atoms with Crippen molar-refractivity contribution in [2.75, 3.05) is 5.32 Å². The minimum atomic E-state index is -0.211. The van der Waals surface area contributed by atoms with Crippen LogP contribution in [0.3, 0.4) is 0 Å². The minimum absolute atomic E-state index is 0.0302. The van der Waals surface area contributed by atoms with Crippen molar-refractivity contribution in [1.82, 2.24) is 20.1 Å². The molecule has 0 saturated heterocycles. The molecule has 1 aliphatic carbocycles. The highest BCUT2D eigenvalue weighted by Crippen LogP contribution is 2.36. The number of carbonyl (C=O) groups is 1. The van der Waals surface area contributed by atoms with Gasteiger partial charge in [-0.25, -0.2) is 4.79 Å². The molecule has 0 radical (unpaired) electrons. The van der Waals surface area contributed by atoms with Gasteiger partial charge in [-0.1, -0.05) is 13.3 Å². The summed E-state index contributed by atoms with van der Waals surface area (Å²) < 4.78 is 1.74. The monoisotopic (exact) mass is 313 g/mol. The van der Waals surface area contributed by atoms with Crippen molar-refractivity contribution in [3.63, 3.8) is 0 Å². The quantitative estimate of drug-likeness (QED) is 0.889. The average molecular weight is 313 g/mol. The third-order valence-electron chi connectivity index (χ3n) is 4.49. The van der Waals surface area contributed by atoms with Gasteiger partial charge in [-0.15, -0.1) is 0 Å². The predicted octanol–water partition coefficient (Wildman–Crippen LogP) is 3.36. The predicted molar refractivity (Wildman–Crippen MR) is 89.2 cm³/mol. The molecule has 23 heavy (non-hydrogen) atoms. The number of aryl methyl sites for hydroxylation is 1. The van der Waals surface area contributed by atoms with Crippen molar-refractivity contribution in [1.29, 1.82) is 0 Å². The van der Waals surface area contributed by atoms with E-state index in [9.17, 15) is 4.79 Å². The van der Waals surface area contributed by atoms with Crippen molar-refractivity contribution < 1.29 is 4.79 Å². The van der Waals surface area contributed by atoms with Gasteiger partial charge >= 0.3 is 6.03 Å². The maximum Gasteiger partial charge on any atom is 0.320 e. The topological polar surface area (TPSA) is 71.8 Å². The molecule has 2 aromatic heterocycles. The number of pyridine rings is 1. The van der Waals surface area contributed by atoms with Crippen LogP contribution in [-0.2, 0) is 7.05 Å². The number of hydrogen-bond donors (Lipinski definition) is 2. The Morgan fingerprint density at radius 1 is 1.39 bits per heavy atom. The third-order valence-corrected chi connectivity index (χ3v) is 4.49. The Bertz CT molecular complexity index is 663. The standard InChI is InChI=1S/C17H23N5O/c1-3-14(13-7-9-18-10-8-13)19-17(23)20-16-11-15(21-22(16)2)12-5-4-6-12/h7-12,14H,3-6H2,1-2H3,(H2,19,20,23)/t14-/m0/s1. The molecule has 1 fully saturated rings. The fourth-order valence-electron chi connectivity index (χ4n) is 2.84. The van der Waals surface area contributed by atoms with Gasteiger partial charge < -0.3 is 5.32 Å². The zero-order chi connectivity index (χ0) is 16.2. The Morgan fingerprint density at radius 2 is 2.13 bits per heavy atom. The highest BCUT2D eigenvalue weighted by molar-refractivity contribution is 5.88. The van der Waals surface area contributed by atoms with Gasteiger partial charge in [-0.2, -0.15) is 5.10 Å². The molecule has 3 rings (SSSR count). The van der Waals surface area contributed by atoms with Gasteiger partial charge in [-0.05, 0) is 37.0 Å². The molecule has 6 nitrogen and oxygen atoms in total. The molecular weight excluding hydrogens is 290 g/mol. The summed E-state index contributed by atoms with van der Waals surface area (Å²) in [6, 6.07) is 5.59. The van der Waals surface area contributed by atoms with Crippen LogP contribution in [0.4, 0.5) is 10.6 Å². The van der Waals surface area contributed by atoms with Crippen molar-refractivity contribution in [2.24, 2.45) is 7.05 Å². The van der Waals surface area contributed by atoms with Crippen molar-refractivity contribution in [3.05, 3.63) is 41.9 Å². The summed E-state index contributed by atoms with van der Waals surface area (Å²) in [7, 11) is 1.86. The molecular formula is C17H23N5O. The largest absolute Gasteiger partial charge is 0.331 e. The summed E-state index contributed by atoms with van der Waals surface area (Å²) in [4.78, 5) is 16.3. The SMILES string of the molecule is CC[C@H](NC(=O)Nc1cc(C2CCC2)nn1C)c1ccncc1. The zero-order valence-corrected chi connectivity index (χ0v) is 13.6. The molecule has 0 unspecified atom stereocenters. The second kappa shape index (κ2) is 6.81. The third kappa shape index (κ3) is 3.52. The Hall–Kier alpha value is -2.37. The average Bonchev–Trinajstić information content (AvgIpc) is 2.84. The first-order chi connectivity index (χ1) is 11.2. The highest BCUT2D eigenvalue weighted by Gasteiger charge is 2.23. The first kappa shape index (κ1) is 15.5. The van der Waals surface area contributed by atoms with Crippen molar-refractivity contribution in [2.45, 2.75) is 44.6 Å². The van der Waals surface area contributed by atoms with Crippen LogP contribution in [0.25, 0.3) is 0 Å². The van der Waals surface area contributed by atoms with Gasteiger partial charge in [0.1, 0.15) is 5.82 Å². The van der Waals surface area contributed by atoms with Crippen molar-refractivity contribution >= 4 is 11.8 Å².